The number of aliphatic hydroxyl groups is 1. The molecule has 0 spiro atoms. The molecule has 1 unspecified atom stereocenters. The van der Waals surface area contributed by atoms with Gasteiger partial charge in [0.15, 0.2) is 17.5 Å². The summed E-state index contributed by atoms with van der Waals surface area (Å²) in [5, 5.41) is 13.8. The van der Waals surface area contributed by atoms with Gasteiger partial charge in [0.05, 0.1) is 12.7 Å². The number of benzene rings is 1. The second-order valence-electron chi connectivity index (χ2n) is 7.16. The van der Waals surface area contributed by atoms with Crippen molar-refractivity contribution in [2.75, 3.05) is 58.4 Å². The molecule has 2 heterocycles. The van der Waals surface area contributed by atoms with Crippen LogP contribution in [-0.4, -0.2) is 84.9 Å². The molecule has 0 amide bonds. The van der Waals surface area contributed by atoms with E-state index in [1.165, 1.54) is 7.11 Å². The second-order valence-corrected chi connectivity index (χ2v) is 8.26. The van der Waals surface area contributed by atoms with Crippen molar-refractivity contribution in [1.29, 1.82) is 0 Å². The van der Waals surface area contributed by atoms with E-state index in [0.29, 0.717) is 6.54 Å². The molecule has 150 valence electrons. The number of nitrogens with one attached hydrogen (secondary N) is 1. The van der Waals surface area contributed by atoms with Crippen LogP contribution in [0, 0.1) is 5.82 Å². The van der Waals surface area contributed by atoms with Crippen molar-refractivity contribution in [2.45, 2.75) is 18.6 Å². The van der Waals surface area contributed by atoms with Gasteiger partial charge in [-0.25, -0.2) is 4.39 Å². The quantitative estimate of drug-likeness (QED) is 0.580. The van der Waals surface area contributed by atoms with Gasteiger partial charge in [-0.05, 0) is 29.9 Å². The highest BCUT2D eigenvalue weighted by molar-refractivity contribution is 7.99. The SMILES string of the molecule is CN=C(NCC1(O)CCSC1)N1CCN(Cc2ccc(OC)c(F)c2)CC1. The number of rotatable bonds is 5. The first-order valence-corrected chi connectivity index (χ1v) is 10.5. The van der Waals surface area contributed by atoms with Crippen molar-refractivity contribution in [3.05, 3.63) is 29.6 Å². The highest BCUT2D eigenvalue weighted by Gasteiger charge is 2.32. The lowest BCUT2D eigenvalue weighted by Gasteiger charge is -2.37. The van der Waals surface area contributed by atoms with Crippen LogP contribution in [-0.2, 0) is 6.54 Å². The van der Waals surface area contributed by atoms with E-state index in [1.807, 2.05) is 6.07 Å². The Morgan fingerprint density at radius 1 is 1.37 bits per heavy atom. The molecular formula is C19H29FN4O2S. The summed E-state index contributed by atoms with van der Waals surface area (Å²) < 4.78 is 18.8. The molecule has 0 radical (unpaired) electrons. The van der Waals surface area contributed by atoms with Gasteiger partial charge in [-0.3, -0.25) is 9.89 Å². The average molecular weight is 397 g/mol. The Balaban J connectivity index is 1.48. The van der Waals surface area contributed by atoms with Crippen LogP contribution in [0.1, 0.15) is 12.0 Å². The fourth-order valence-corrected chi connectivity index (χ4v) is 4.79. The van der Waals surface area contributed by atoms with E-state index < -0.39 is 5.60 Å². The Labute approximate surface area is 164 Å². The number of guanidine groups is 1. The van der Waals surface area contributed by atoms with Crippen LogP contribution in [0.3, 0.4) is 0 Å². The number of hydrogen-bond acceptors (Lipinski definition) is 5. The molecule has 0 saturated carbocycles. The first kappa shape index (κ1) is 20.2. The molecule has 27 heavy (non-hydrogen) atoms. The first-order valence-electron chi connectivity index (χ1n) is 9.33. The fourth-order valence-electron chi connectivity index (χ4n) is 3.50. The van der Waals surface area contributed by atoms with E-state index in [9.17, 15) is 9.50 Å². The molecule has 2 aliphatic heterocycles. The fraction of sp³-hybridized carbons (Fsp3) is 0.632. The Morgan fingerprint density at radius 3 is 2.74 bits per heavy atom. The monoisotopic (exact) mass is 396 g/mol. The van der Waals surface area contributed by atoms with Crippen molar-refractivity contribution in [3.8, 4) is 5.75 Å². The maximum absolute atomic E-state index is 13.9. The van der Waals surface area contributed by atoms with E-state index >= 15 is 0 Å². The topological polar surface area (TPSA) is 60.3 Å². The lowest BCUT2D eigenvalue weighted by Crippen LogP contribution is -2.54. The lowest BCUT2D eigenvalue weighted by molar-refractivity contribution is 0.0711. The molecule has 1 aromatic carbocycles. The molecule has 2 saturated heterocycles. The molecule has 6 nitrogen and oxygen atoms in total. The Hall–Kier alpha value is -1.51. The molecule has 0 aliphatic carbocycles. The van der Waals surface area contributed by atoms with Gasteiger partial charge >= 0.3 is 0 Å². The van der Waals surface area contributed by atoms with Gasteiger partial charge < -0.3 is 20.1 Å². The third kappa shape index (κ3) is 5.27. The van der Waals surface area contributed by atoms with Gasteiger partial charge in [-0.15, -0.1) is 0 Å². The number of nitrogens with zero attached hydrogens (tertiary/aromatic N) is 3. The normalized spacial score (nSPS) is 24.3. The predicted molar refractivity (Wildman–Crippen MR) is 108 cm³/mol. The summed E-state index contributed by atoms with van der Waals surface area (Å²) in [7, 11) is 3.25. The third-order valence-corrected chi connectivity index (χ3v) is 6.40. The summed E-state index contributed by atoms with van der Waals surface area (Å²) in [6, 6.07) is 5.14. The molecular weight excluding hydrogens is 367 g/mol. The van der Waals surface area contributed by atoms with Crippen molar-refractivity contribution in [1.82, 2.24) is 15.1 Å². The molecule has 2 fully saturated rings. The summed E-state index contributed by atoms with van der Waals surface area (Å²) in [6.07, 6.45) is 0.827. The van der Waals surface area contributed by atoms with Crippen molar-refractivity contribution in [3.63, 3.8) is 0 Å². The third-order valence-electron chi connectivity index (χ3n) is 5.16. The van der Waals surface area contributed by atoms with Crippen LogP contribution in [0.5, 0.6) is 5.75 Å². The van der Waals surface area contributed by atoms with E-state index in [-0.39, 0.29) is 11.6 Å². The highest BCUT2D eigenvalue weighted by Crippen LogP contribution is 2.27. The first-order chi connectivity index (χ1) is 13.0. The number of thioether (sulfide) groups is 1. The van der Waals surface area contributed by atoms with Gasteiger partial charge in [-0.1, -0.05) is 6.07 Å². The molecule has 1 atom stereocenters. The zero-order valence-electron chi connectivity index (χ0n) is 16.1. The average Bonchev–Trinajstić information content (AvgIpc) is 3.10. The number of aliphatic imine (C=N–C) groups is 1. The van der Waals surface area contributed by atoms with Crippen LogP contribution < -0.4 is 10.1 Å². The maximum atomic E-state index is 13.9. The molecule has 2 N–H and O–H groups in total. The minimum Gasteiger partial charge on any atom is -0.494 e. The summed E-state index contributed by atoms with van der Waals surface area (Å²) in [5.41, 5.74) is 0.325. The van der Waals surface area contributed by atoms with Gasteiger partial charge in [0, 0.05) is 52.1 Å². The summed E-state index contributed by atoms with van der Waals surface area (Å²) in [6.45, 7) is 4.73. The van der Waals surface area contributed by atoms with E-state index in [0.717, 1.165) is 62.2 Å². The number of methoxy groups -OCH3 is 1. The number of piperazine rings is 1. The molecule has 2 aliphatic rings. The summed E-state index contributed by atoms with van der Waals surface area (Å²) in [4.78, 5) is 8.91. The zero-order chi connectivity index (χ0) is 19.3. The number of ether oxygens (including phenoxy) is 1. The standard InChI is InChI=1S/C19H29FN4O2S/c1-21-18(22-13-19(25)5-10-27-14-19)24-8-6-23(7-9-24)12-15-3-4-17(26-2)16(20)11-15/h3-4,11,25H,5-10,12-14H2,1-2H3,(H,21,22). The summed E-state index contributed by atoms with van der Waals surface area (Å²) >= 11 is 1.80. The van der Waals surface area contributed by atoms with Gasteiger partial charge in [0.1, 0.15) is 0 Å². The largest absolute Gasteiger partial charge is 0.494 e. The smallest absolute Gasteiger partial charge is 0.193 e. The maximum Gasteiger partial charge on any atom is 0.193 e. The molecule has 0 aromatic heterocycles. The lowest BCUT2D eigenvalue weighted by atomic mass is 10.0. The van der Waals surface area contributed by atoms with Crippen LogP contribution >= 0.6 is 11.8 Å². The van der Waals surface area contributed by atoms with E-state index in [4.69, 9.17) is 4.74 Å². The van der Waals surface area contributed by atoms with Crippen LogP contribution in [0.25, 0.3) is 0 Å². The Morgan fingerprint density at radius 2 is 2.15 bits per heavy atom. The van der Waals surface area contributed by atoms with Crippen molar-refractivity contribution >= 4 is 17.7 Å². The van der Waals surface area contributed by atoms with Crippen LogP contribution in [0.15, 0.2) is 23.2 Å². The van der Waals surface area contributed by atoms with Crippen LogP contribution in [0.2, 0.25) is 0 Å². The van der Waals surface area contributed by atoms with Crippen molar-refractivity contribution in [2.24, 2.45) is 4.99 Å². The Kier molecular flexibility index (Phi) is 6.83. The van der Waals surface area contributed by atoms with Gasteiger partial charge in [0.2, 0.25) is 0 Å². The molecule has 8 heteroatoms. The van der Waals surface area contributed by atoms with E-state index in [1.54, 1.807) is 30.9 Å². The molecule has 3 rings (SSSR count). The minimum absolute atomic E-state index is 0.278. The van der Waals surface area contributed by atoms with Crippen LogP contribution in [0.4, 0.5) is 4.39 Å². The molecule has 0 bridgehead atoms. The minimum atomic E-state index is -0.624. The number of halogens is 1. The van der Waals surface area contributed by atoms with Gasteiger partial charge in [0.25, 0.3) is 0 Å². The second kappa shape index (κ2) is 9.12. The zero-order valence-corrected chi connectivity index (χ0v) is 16.9. The summed E-state index contributed by atoms with van der Waals surface area (Å²) in [5.74, 6) is 2.60. The Bertz CT molecular complexity index is 659. The molecule has 1 aromatic rings. The number of hydrogen-bond donors (Lipinski definition) is 2. The van der Waals surface area contributed by atoms with Gasteiger partial charge in [-0.2, -0.15) is 11.8 Å². The van der Waals surface area contributed by atoms with E-state index in [2.05, 4.69) is 20.1 Å². The highest BCUT2D eigenvalue weighted by atomic mass is 32.2. The predicted octanol–water partition coefficient (Wildman–Crippen LogP) is 1.40. The van der Waals surface area contributed by atoms with Crippen molar-refractivity contribution < 1.29 is 14.2 Å².